The molecular formula is C69H43N5S. The molecule has 0 aliphatic heterocycles. The van der Waals surface area contributed by atoms with E-state index in [9.17, 15) is 0 Å². The van der Waals surface area contributed by atoms with Gasteiger partial charge in [0.25, 0.3) is 0 Å². The Balaban J connectivity index is 0.973. The molecule has 0 radical (unpaired) electrons. The van der Waals surface area contributed by atoms with Gasteiger partial charge in [0.15, 0.2) is 11.6 Å². The minimum atomic E-state index is 0.550. The fourth-order valence-electron chi connectivity index (χ4n) is 11.4. The highest BCUT2D eigenvalue weighted by Crippen LogP contribution is 2.45. The lowest BCUT2D eigenvalue weighted by atomic mass is 9.95. The van der Waals surface area contributed by atoms with Crippen LogP contribution in [0.1, 0.15) is 0 Å². The Kier molecular flexibility index (Phi) is 10.00. The monoisotopic (exact) mass is 973 g/mol. The van der Waals surface area contributed by atoms with Gasteiger partial charge in [-0.3, -0.25) is 4.57 Å². The minimum absolute atomic E-state index is 0.550. The van der Waals surface area contributed by atoms with E-state index in [0.29, 0.717) is 17.6 Å². The molecule has 4 aromatic heterocycles. The van der Waals surface area contributed by atoms with Crippen LogP contribution in [-0.4, -0.2) is 24.1 Å². The van der Waals surface area contributed by atoms with Crippen LogP contribution in [0.2, 0.25) is 0 Å². The Hall–Kier alpha value is -9.75. The van der Waals surface area contributed by atoms with E-state index in [-0.39, 0.29) is 0 Å². The largest absolute Gasteiger partial charge is 0.309 e. The van der Waals surface area contributed by atoms with Crippen LogP contribution in [0.3, 0.4) is 0 Å². The van der Waals surface area contributed by atoms with E-state index in [4.69, 9.17) is 15.0 Å². The smallest absolute Gasteiger partial charge is 0.238 e. The fourth-order valence-corrected chi connectivity index (χ4v) is 12.6. The van der Waals surface area contributed by atoms with Crippen molar-refractivity contribution in [3.63, 3.8) is 0 Å². The van der Waals surface area contributed by atoms with Crippen molar-refractivity contribution >= 4 is 75.1 Å². The third-order valence-corrected chi connectivity index (χ3v) is 16.0. The molecule has 0 amide bonds. The Morgan fingerprint density at radius 1 is 0.280 bits per heavy atom. The Morgan fingerprint density at radius 2 is 0.760 bits per heavy atom. The molecule has 0 saturated heterocycles. The maximum Gasteiger partial charge on any atom is 0.238 e. The van der Waals surface area contributed by atoms with Gasteiger partial charge in [-0.1, -0.05) is 218 Å². The van der Waals surface area contributed by atoms with E-state index in [1.807, 2.05) is 29.5 Å². The highest BCUT2D eigenvalue weighted by Gasteiger charge is 2.24. The Labute approximate surface area is 436 Å². The highest BCUT2D eigenvalue weighted by molar-refractivity contribution is 7.26. The van der Waals surface area contributed by atoms with E-state index < -0.39 is 0 Å². The summed E-state index contributed by atoms with van der Waals surface area (Å²) in [5, 5.41) is 7.18. The number of aromatic nitrogens is 5. The molecule has 0 aliphatic rings. The molecule has 5 nitrogen and oxygen atoms in total. The first-order valence-electron chi connectivity index (χ1n) is 25.3. The van der Waals surface area contributed by atoms with E-state index >= 15 is 0 Å². The van der Waals surface area contributed by atoms with Gasteiger partial charge in [0.2, 0.25) is 5.95 Å². The molecule has 15 aromatic rings. The van der Waals surface area contributed by atoms with Crippen molar-refractivity contribution in [3.8, 4) is 78.9 Å². The molecule has 0 N–H and O–H groups in total. The topological polar surface area (TPSA) is 48.5 Å². The summed E-state index contributed by atoms with van der Waals surface area (Å²) < 4.78 is 7.22. The van der Waals surface area contributed by atoms with Crippen LogP contribution >= 0.6 is 11.3 Å². The summed E-state index contributed by atoms with van der Waals surface area (Å²) in [5.41, 5.74) is 16.3. The third-order valence-electron chi connectivity index (χ3n) is 14.8. The number of thiophene rings is 1. The molecule has 0 bridgehead atoms. The number of hydrogen-bond donors (Lipinski definition) is 0. The molecule has 15 rings (SSSR count). The van der Waals surface area contributed by atoms with Crippen molar-refractivity contribution in [2.24, 2.45) is 0 Å². The summed E-state index contributed by atoms with van der Waals surface area (Å²) in [5.74, 6) is 1.72. The van der Waals surface area contributed by atoms with Crippen LogP contribution in [0, 0.1) is 0 Å². The summed E-state index contributed by atoms with van der Waals surface area (Å²) in [7, 11) is 0. The predicted octanol–water partition coefficient (Wildman–Crippen LogP) is 18.4. The lowest BCUT2D eigenvalue weighted by Gasteiger charge is -2.17. The standard InChI is InChI=1S/C69H43N5S/c1-3-19-44(20-4-1)46-23-15-24-47(41-46)48-25-16-26-49(42-48)51-40-39-50(43-63(51)73-60-35-11-7-27-52(60)53-28-8-12-36-61(53)73)68-70-67(45-21-5-2-6-22-45)71-69(72-68)74-62-37-13-9-29-54(62)56-31-17-32-57(65(56)74)59-34-18-33-58-55-30-10-14-38-64(55)75-66(58)59/h1-43H. The van der Waals surface area contributed by atoms with Crippen molar-refractivity contribution in [3.05, 3.63) is 261 Å². The molecule has 0 aliphatic carbocycles. The van der Waals surface area contributed by atoms with Gasteiger partial charge in [0.05, 0.1) is 27.8 Å². The van der Waals surface area contributed by atoms with Gasteiger partial charge >= 0.3 is 0 Å². The van der Waals surface area contributed by atoms with Crippen LogP contribution in [0.4, 0.5) is 0 Å². The number of benzene rings is 11. The van der Waals surface area contributed by atoms with Crippen molar-refractivity contribution < 1.29 is 0 Å². The molecule has 0 fully saturated rings. The van der Waals surface area contributed by atoms with Gasteiger partial charge in [-0.05, 0) is 70.3 Å². The molecule has 0 spiro atoms. The Morgan fingerprint density at radius 3 is 1.45 bits per heavy atom. The highest BCUT2D eigenvalue weighted by atomic mass is 32.1. The zero-order valence-electron chi connectivity index (χ0n) is 40.5. The quantitative estimate of drug-likeness (QED) is 0.152. The predicted molar refractivity (Wildman–Crippen MR) is 314 cm³/mol. The van der Waals surface area contributed by atoms with Crippen molar-refractivity contribution in [1.29, 1.82) is 0 Å². The average Bonchev–Trinajstić information content (AvgIpc) is 4.16. The maximum atomic E-state index is 5.57. The second-order valence-electron chi connectivity index (χ2n) is 19.1. The number of hydrogen-bond acceptors (Lipinski definition) is 4. The van der Waals surface area contributed by atoms with Gasteiger partial charge < -0.3 is 4.57 Å². The minimum Gasteiger partial charge on any atom is -0.309 e. The summed E-state index contributed by atoms with van der Waals surface area (Å²) in [4.78, 5) is 16.4. The van der Waals surface area contributed by atoms with E-state index in [1.165, 1.54) is 47.6 Å². The first kappa shape index (κ1) is 42.9. The third kappa shape index (κ3) is 7.10. The number of para-hydroxylation sites is 4. The van der Waals surface area contributed by atoms with Crippen molar-refractivity contribution in [2.75, 3.05) is 0 Å². The number of fused-ring (bicyclic) bond motifs is 9. The summed E-state index contributed by atoms with van der Waals surface area (Å²) in [6.45, 7) is 0. The lowest BCUT2D eigenvalue weighted by molar-refractivity contribution is 0.953. The summed E-state index contributed by atoms with van der Waals surface area (Å²) >= 11 is 1.85. The molecule has 350 valence electrons. The normalized spacial score (nSPS) is 11.7. The van der Waals surface area contributed by atoms with Crippen LogP contribution in [0.25, 0.3) is 143 Å². The molecule has 11 aromatic carbocycles. The SMILES string of the molecule is c1ccc(-c2cccc(-c3cccc(-c4ccc(-c5nc(-c6ccccc6)nc(-n6c7ccccc7c7cccc(-c8cccc9c8sc8ccccc89)c76)n5)cc4-n4c5ccccc5c5ccccc54)c3)c2)cc1. The van der Waals surface area contributed by atoms with E-state index in [1.54, 1.807) is 0 Å². The molecule has 0 atom stereocenters. The number of nitrogens with zero attached hydrogens (tertiary/aromatic N) is 5. The zero-order chi connectivity index (χ0) is 49.4. The maximum absolute atomic E-state index is 5.57. The molecule has 4 heterocycles. The number of rotatable bonds is 8. The van der Waals surface area contributed by atoms with Gasteiger partial charge in [-0.25, -0.2) is 4.98 Å². The van der Waals surface area contributed by atoms with Gasteiger partial charge in [-0.2, -0.15) is 9.97 Å². The van der Waals surface area contributed by atoms with Gasteiger partial charge in [0.1, 0.15) is 0 Å². The van der Waals surface area contributed by atoms with Crippen LogP contribution < -0.4 is 0 Å². The second-order valence-corrected chi connectivity index (χ2v) is 20.2. The van der Waals surface area contributed by atoms with Crippen molar-refractivity contribution in [1.82, 2.24) is 24.1 Å². The summed E-state index contributed by atoms with van der Waals surface area (Å²) in [6.07, 6.45) is 0. The zero-order valence-corrected chi connectivity index (χ0v) is 41.3. The summed E-state index contributed by atoms with van der Waals surface area (Å²) in [6, 6.07) is 93.5. The molecule has 0 saturated carbocycles. The van der Waals surface area contributed by atoms with E-state index in [0.717, 1.165) is 77.5 Å². The lowest BCUT2D eigenvalue weighted by Crippen LogP contribution is -2.07. The molecule has 0 unspecified atom stereocenters. The van der Waals surface area contributed by atoms with Crippen LogP contribution in [-0.2, 0) is 0 Å². The average molecular weight is 974 g/mol. The molecule has 75 heavy (non-hydrogen) atoms. The van der Waals surface area contributed by atoms with Crippen molar-refractivity contribution in [2.45, 2.75) is 0 Å². The van der Waals surface area contributed by atoms with E-state index in [2.05, 4.69) is 252 Å². The first-order chi connectivity index (χ1) is 37.2. The Bertz CT molecular complexity index is 4670. The molecule has 6 heteroatoms. The van der Waals surface area contributed by atoms with Gasteiger partial charge in [0, 0.05) is 69.5 Å². The fraction of sp³-hybridized carbons (Fsp3) is 0. The first-order valence-corrected chi connectivity index (χ1v) is 26.2. The van der Waals surface area contributed by atoms with Crippen LogP contribution in [0.15, 0.2) is 261 Å². The molecular weight excluding hydrogens is 931 g/mol. The van der Waals surface area contributed by atoms with Gasteiger partial charge in [-0.15, -0.1) is 11.3 Å². The second kappa shape index (κ2) is 17.5. The van der Waals surface area contributed by atoms with Crippen LogP contribution in [0.5, 0.6) is 0 Å².